The van der Waals surface area contributed by atoms with Gasteiger partial charge in [0, 0.05) is 30.3 Å². The van der Waals surface area contributed by atoms with E-state index < -0.39 is 0 Å². The summed E-state index contributed by atoms with van der Waals surface area (Å²) in [6.45, 7) is 5.34. The van der Waals surface area contributed by atoms with Crippen LogP contribution in [0.1, 0.15) is 57.6 Å². The lowest BCUT2D eigenvalue weighted by Gasteiger charge is -2.30. The van der Waals surface area contributed by atoms with Crippen molar-refractivity contribution in [2.24, 2.45) is 0 Å². The van der Waals surface area contributed by atoms with Crippen LogP contribution >= 0.6 is 0 Å². The van der Waals surface area contributed by atoms with Crippen LogP contribution in [0.3, 0.4) is 0 Å². The predicted octanol–water partition coefficient (Wildman–Crippen LogP) is 4.93. The van der Waals surface area contributed by atoms with Gasteiger partial charge in [-0.05, 0) is 75.1 Å². The number of quaternary nitrogens is 1. The van der Waals surface area contributed by atoms with Gasteiger partial charge in [0.15, 0.2) is 0 Å². The SMILES string of the molecule is CC(C)[NH2+]C(=O)Oc1ccc(-c2c(C#N)c3ccc(OC4CCOCC4)cc3n2C2CCC2)cc1. The van der Waals surface area contributed by atoms with E-state index in [2.05, 4.69) is 16.7 Å². The summed E-state index contributed by atoms with van der Waals surface area (Å²) in [5.74, 6) is 1.33. The van der Waals surface area contributed by atoms with Crippen molar-refractivity contribution in [2.45, 2.75) is 64.1 Å². The quantitative estimate of drug-likeness (QED) is 0.547. The number of carbonyl (C=O) groups is 1. The van der Waals surface area contributed by atoms with Gasteiger partial charge in [0.25, 0.3) is 0 Å². The molecule has 1 saturated carbocycles. The summed E-state index contributed by atoms with van der Waals surface area (Å²) in [6.07, 6.45) is 4.95. The van der Waals surface area contributed by atoms with E-state index in [0.717, 1.165) is 66.8 Å². The van der Waals surface area contributed by atoms with Crippen molar-refractivity contribution in [1.82, 2.24) is 4.57 Å². The topological polar surface area (TPSA) is 90.1 Å². The monoisotopic (exact) mass is 474 g/mol. The number of hydrogen-bond donors (Lipinski definition) is 1. The number of benzene rings is 2. The van der Waals surface area contributed by atoms with E-state index >= 15 is 0 Å². The maximum Gasteiger partial charge on any atom is 0.518 e. The minimum atomic E-state index is -0.355. The minimum Gasteiger partial charge on any atom is -0.490 e. The van der Waals surface area contributed by atoms with E-state index in [-0.39, 0.29) is 18.2 Å². The lowest BCUT2D eigenvalue weighted by Crippen LogP contribution is -2.92. The first-order chi connectivity index (χ1) is 17.0. The minimum absolute atomic E-state index is 0.124. The number of hydrogen-bond acceptors (Lipinski definition) is 5. The van der Waals surface area contributed by atoms with Gasteiger partial charge in [-0.1, -0.05) is 0 Å². The molecule has 0 spiro atoms. The molecule has 2 heterocycles. The zero-order chi connectivity index (χ0) is 24.4. The van der Waals surface area contributed by atoms with Crippen molar-refractivity contribution in [3.63, 3.8) is 0 Å². The van der Waals surface area contributed by atoms with E-state index in [4.69, 9.17) is 14.2 Å². The van der Waals surface area contributed by atoms with Crippen LogP contribution in [0.2, 0.25) is 0 Å². The molecule has 1 aliphatic heterocycles. The number of carbonyl (C=O) groups excluding carboxylic acids is 1. The van der Waals surface area contributed by atoms with E-state index in [9.17, 15) is 10.1 Å². The standard InChI is InChI=1S/C28H31N3O4/c1-18(2)30-28(32)35-21-8-6-19(7-9-21)27-25(17-29)24-11-10-23(34-22-12-14-33-15-13-22)16-26(24)31(27)20-4-3-5-20/h6-11,16,18,20,22H,3-5,12-15H2,1-2H3,(H,30,32)/p+1. The van der Waals surface area contributed by atoms with Gasteiger partial charge in [-0.3, -0.25) is 0 Å². The van der Waals surface area contributed by atoms with Gasteiger partial charge in [-0.2, -0.15) is 10.1 Å². The molecule has 2 fully saturated rings. The van der Waals surface area contributed by atoms with Crippen molar-refractivity contribution in [3.8, 4) is 28.8 Å². The molecule has 5 rings (SSSR count). The van der Waals surface area contributed by atoms with Gasteiger partial charge in [-0.25, -0.2) is 5.32 Å². The third-order valence-corrected chi connectivity index (χ3v) is 6.81. The average Bonchev–Trinajstić information content (AvgIpc) is 3.12. The number of nitriles is 1. The van der Waals surface area contributed by atoms with Gasteiger partial charge >= 0.3 is 6.09 Å². The van der Waals surface area contributed by atoms with Crippen LogP contribution < -0.4 is 14.8 Å². The molecule has 1 amide bonds. The van der Waals surface area contributed by atoms with Crippen LogP contribution in [-0.4, -0.2) is 36.0 Å². The normalized spacial score (nSPS) is 16.7. The van der Waals surface area contributed by atoms with Gasteiger partial charge in [-0.15, -0.1) is 0 Å². The molecule has 0 bridgehead atoms. The lowest BCUT2D eigenvalue weighted by atomic mass is 9.92. The molecule has 7 heteroatoms. The predicted molar refractivity (Wildman–Crippen MR) is 133 cm³/mol. The third-order valence-electron chi connectivity index (χ3n) is 6.81. The Kier molecular flexibility index (Phi) is 6.76. The molecule has 0 unspecified atom stereocenters. The largest absolute Gasteiger partial charge is 0.518 e. The summed E-state index contributed by atoms with van der Waals surface area (Å²) in [4.78, 5) is 12.0. The average molecular weight is 475 g/mol. The molecular weight excluding hydrogens is 442 g/mol. The molecule has 7 nitrogen and oxygen atoms in total. The maximum absolute atomic E-state index is 12.0. The van der Waals surface area contributed by atoms with Gasteiger partial charge in [0.2, 0.25) is 0 Å². The first-order valence-corrected chi connectivity index (χ1v) is 12.5. The van der Waals surface area contributed by atoms with Crippen LogP contribution in [-0.2, 0) is 4.74 Å². The van der Waals surface area contributed by atoms with Crippen LogP contribution in [0.25, 0.3) is 22.2 Å². The summed E-state index contributed by atoms with van der Waals surface area (Å²) < 4.78 is 19.5. The molecule has 3 aromatic rings. The first kappa shape index (κ1) is 23.4. The summed E-state index contributed by atoms with van der Waals surface area (Å²) >= 11 is 0. The fraction of sp³-hybridized carbons (Fsp3) is 0.429. The van der Waals surface area contributed by atoms with Gasteiger partial charge < -0.3 is 18.8 Å². The molecule has 1 aromatic heterocycles. The Hall–Kier alpha value is -3.34. The second-order valence-corrected chi connectivity index (χ2v) is 9.75. The Morgan fingerprint density at radius 3 is 2.43 bits per heavy atom. The fourth-order valence-electron chi connectivity index (χ4n) is 4.87. The third kappa shape index (κ3) is 4.90. The lowest BCUT2D eigenvalue weighted by molar-refractivity contribution is -0.597. The maximum atomic E-state index is 12.0. The van der Waals surface area contributed by atoms with E-state index in [0.29, 0.717) is 17.4 Å². The summed E-state index contributed by atoms with van der Waals surface area (Å²) in [5, 5.41) is 12.7. The van der Waals surface area contributed by atoms with E-state index in [1.54, 1.807) is 17.4 Å². The Morgan fingerprint density at radius 2 is 1.80 bits per heavy atom. The molecule has 0 radical (unpaired) electrons. The van der Waals surface area contributed by atoms with E-state index in [1.165, 1.54) is 6.42 Å². The first-order valence-electron chi connectivity index (χ1n) is 12.5. The zero-order valence-corrected chi connectivity index (χ0v) is 20.3. The molecule has 2 aromatic carbocycles. The van der Waals surface area contributed by atoms with Crippen LogP contribution in [0.15, 0.2) is 42.5 Å². The van der Waals surface area contributed by atoms with Crippen molar-refractivity contribution in [2.75, 3.05) is 13.2 Å². The molecule has 1 aliphatic carbocycles. The molecular formula is C28H32N3O4+. The number of nitrogens with zero attached hydrogens (tertiary/aromatic N) is 2. The van der Waals surface area contributed by atoms with Crippen molar-refractivity contribution in [1.29, 1.82) is 5.26 Å². The number of fused-ring (bicyclic) bond motifs is 1. The van der Waals surface area contributed by atoms with Gasteiger partial charge in [0.1, 0.15) is 23.7 Å². The van der Waals surface area contributed by atoms with Crippen LogP contribution in [0, 0.1) is 11.3 Å². The molecule has 182 valence electrons. The highest BCUT2D eigenvalue weighted by atomic mass is 16.6. The Morgan fingerprint density at radius 1 is 1.09 bits per heavy atom. The molecule has 35 heavy (non-hydrogen) atoms. The highest BCUT2D eigenvalue weighted by molar-refractivity contribution is 5.95. The van der Waals surface area contributed by atoms with Gasteiger partial charge in [0.05, 0.1) is 36.0 Å². The number of aromatic nitrogens is 1. The molecule has 2 aliphatic rings. The molecule has 1 saturated heterocycles. The van der Waals surface area contributed by atoms with Crippen molar-refractivity contribution in [3.05, 3.63) is 48.0 Å². The highest BCUT2D eigenvalue weighted by Crippen LogP contribution is 2.43. The second kappa shape index (κ2) is 10.1. The summed E-state index contributed by atoms with van der Waals surface area (Å²) in [6, 6.07) is 16.5. The van der Waals surface area contributed by atoms with Crippen molar-refractivity contribution < 1.29 is 24.3 Å². The van der Waals surface area contributed by atoms with E-state index in [1.807, 2.05) is 38.1 Å². The summed E-state index contributed by atoms with van der Waals surface area (Å²) in [5.41, 5.74) is 3.56. The van der Waals surface area contributed by atoms with Crippen molar-refractivity contribution >= 4 is 17.0 Å². The Labute approximate surface area is 205 Å². The number of amides is 1. The Bertz CT molecular complexity index is 1250. The van der Waals surface area contributed by atoms with Crippen LogP contribution in [0.5, 0.6) is 11.5 Å². The zero-order valence-electron chi connectivity index (χ0n) is 20.3. The number of nitrogens with two attached hydrogens (primary N) is 1. The molecule has 0 atom stereocenters. The fourth-order valence-corrected chi connectivity index (χ4v) is 4.87. The number of ether oxygens (including phenoxy) is 3. The number of primary amides is 1. The second-order valence-electron chi connectivity index (χ2n) is 9.75. The smallest absolute Gasteiger partial charge is 0.490 e. The molecule has 2 N–H and O–H groups in total. The van der Waals surface area contributed by atoms with Crippen LogP contribution in [0.4, 0.5) is 4.79 Å². The summed E-state index contributed by atoms with van der Waals surface area (Å²) in [7, 11) is 0. The highest BCUT2D eigenvalue weighted by Gasteiger charge is 2.28. The Balaban J connectivity index is 1.51. The number of rotatable bonds is 6.